The number of nitro groups is 1. The second-order valence-electron chi connectivity index (χ2n) is 4.52. The van der Waals surface area contributed by atoms with E-state index < -0.39 is 4.92 Å². The highest BCUT2D eigenvalue weighted by Gasteiger charge is 2.18. The van der Waals surface area contributed by atoms with Gasteiger partial charge in [0.1, 0.15) is 0 Å². The maximum atomic E-state index is 11.0. The van der Waals surface area contributed by atoms with E-state index in [1.807, 2.05) is 20.9 Å². The Morgan fingerprint density at radius 1 is 1.35 bits per heavy atom. The summed E-state index contributed by atoms with van der Waals surface area (Å²) in [5.74, 6) is 0.377. The van der Waals surface area contributed by atoms with Gasteiger partial charge in [-0.15, -0.1) is 0 Å². The first-order chi connectivity index (χ1) is 9.54. The molecule has 6 heteroatoms. The van der Waals surface area contributed by atoms with Crippen LogP contribution in [-0.4, -0.2) is 21.9 Å². The van der Waals surface area contributed by atoms with Crippen molar-refractivity contribution < 1.29 is 4.92 Å². The number of nitrogens with zero attached hydrogens (tertiary/aromatic N) is 3. The van der Waals surface area contributed by atoms with Crippen LogP contribution in [0.4, 0.5) is 5.69 Å². The van der Waals surface area contributed by atoms with Gasteiger partial charge in [0.25, 0.3) is 5.69 Å². The molecule has 0 spiro atoms. The molecule has 6 nitrogen and oxygen atoms in total. The van der Waals surface area contributed by atoms with Crippen LogP contribution < -0.4 is 5.32 Å². The van der Waals surface area contributed by atoms with E-state index in [1.54, 1.807) is 24.4 Å². The summed E-state index contributed by atoms with van der Waals surface area (Å²) in [6, 6.07) is 6.62. The van der Waals surface area contributed by atoms with E-state index in [-0.39, 0.29) is 11.7 Å². The highest BCUT2D eigenvalue weighted by Crippen LogP contribution is 2.27. The molecule has 1 heterocycles. The number of hydrogen-bond donors (Lipinski definition) is 1. The Bertz CT molecular complexity index is 643. The van der Waals surface area contributed by atoms with Crippen LogP contribution in [0.5, 0.6) is 0 Å². The molecule has 0 saturated carbocycles. The SMILES string of the molecule is CNC(C)c1cnc(-c2ccccc2[N+](=O)[O-])nc1C. The van der Waals surface area contributed by atoms with Crippen molar-refractivity contribution in [3.63, 3.8) is 0 Å². The zero-order valence-corrected chi connectivity index (χ0v) is 11.6. The number of aromatic nitrogens is 2. The molecular weight excluding hydrogens is 256 g/mol. The second-order valence-corrected chi connectivity index (χ2v) is 4.52. The van der Waals surface area contributed by atoms with E-state index in [4.69, 9.17) is 0 Å². The molecule has 2 rings (SSSR count). The van der Waals surface area contributed by atoms with Gasteiger partial charge in [-0.1, -0.05) is 12.1 Å². The molecular formula is C14H16N4O2. The average molecular weight is 272 g/mol. The minimum Gasteiger partial charge on any atom is -0.313 e. The predicted octanol–water partition coefficient (Wildman–Crippen LogP) is 2.64. The minimum absolute atomic E-state index is 0.0151. The molecule has 1 aromatic heterocycles. The molecule has 0 aliphatic heterocycles. The molecule has 1 N–H and O–H groups in total. The van der Waals surface area contributed by atoms with Gasteiger partial charge >= 0.3 is 0 Å². The topological polar surface area (TPSA) is 81.0 Å². The third-order valence-corrected chi connectivity index (χ3v) is 3.26. The van der Waals surface area contributed by atoms with E-state index in [0.29, 0.717) is 11.4 Å². The Kier molecular flexibility index (Phi) is 4.05. The quantitative estimate of drug-likeness (QED) is 0.683. The summed E-state index contributed by atoms with van der Waals surface area (Å²) < 4.78 is 0. The minimum atomic E-state index is -0.418. The molecule has 0 saturated heterocycles. The number of aryl methyl sites for hydroxylation is 1. The number of nitro benzene ring substituents is 1. The first-order valence-corrected chi connectivity index (χ1v) is 6.29. The summed E-state index contributed by atoms with van der Waals surface area (Å²) in [7, 11) is 1.86. The fraction of sp³-hybridized carbons (Fsp3) is 0.286. The van der Waals surface area contributed by atoms with Crippen LogP contribution in [0.15, 0.2) is 30.5 Å². The molecule has 0 amide bonds. The van der Waals surface area contributed by atoms with Crippen LogP contribution in [0.1, 0.15) is 24.2 Å². The van der Waals surface area contributed by atoms with Gasteiger partial charge in [0, 0.05) is 29.6 Å². The molecule has 0 aliphatic carbocycles. The maximum Gasteiger partial charge on any atom is 0.280 e. The highest BCUT2D eigenvalue weighted by molar-refractivity contribution is 5.67. The lowest BCUT2D eigenvalue weighted by atomic mass is 10.1. The lowest BCUT2D eigenvalue weighted by molar-refractivity contribution is -0.384. The van der Waals surface area contributed by atoms with Gasteiger partial charge in [0.2, 0.25) is 0 Å². The van der Waals surface area contributed by atoms with Gasteiger partial charge in [-0.3, -0.25) is 10.1 Å². The number of hydrogen-bond acceptors (Lipinski definition) is 5. The monoisotopic (exact) mass is 272 g/mol. The van der Waals surface area contributed by atoms with Crippen molar-refractivity contribution in [2.24, 2.45) is 0 Å². The third kappa shape index (κ3) is 2.65. The highest BCUT2D eigenvalue weighted by atomic mass is 16.6. The van der Waals surface area contributed by atoms with Crippen molar-refractivity contribution >= 4 is 5.69 Å². The lowest BCUT2D eigenvalue weighted by Gasteiger charge is -2.13. The van der Waals surface area contributed by atoms with Gasteiger partial charge in [-0.2, -0.15) is 0 Å². The lowest BCUT2D eigenvalue weighted by Crippen LogP contribution is -2.15. The Morgan fingerprint density at radius 3 is 2.65 bits per heavy atom. The summed E-state index contributed by atoms with van der Waals surface area (Å²) >= 11 is 0. The van der Waals surface area contributed by atoms with Gasteiger partial charge in [-0.05, 0) is 27.0 Å². The van der Waals surface area contributed by atoms with Crippen molar-refractivity contribution in [1.29, 1.82) is 0 Å². The summed E-state index contributed by atoms with van der Waals surface area (Å²) in [6.07, 6.45) is 1.72. The van der Waals surface area contributed by atoms with Crippen molar-refractivity contribution in [2.75, 3.05) is 7.05 Å². The molecule has 1 atom stereocenters. The predicted molar refractivity (Wildman–Crippen MR) is 76.3 cm³/mol. The molecule has 0 radical (unpaired) electrons. The van der Waals surface area contributed by atoms with Gasteiger partial charge in [-0.25, -0.2) is 9.97 Å². The summed E-state index contributed by atoms with van der Waals surface area (Å²) in [4.78, 5) is 19.3. The molecule has 0 aliphatic rings. The van der Waals surface area contributed by atoms with Crippen LogP contribution >= 0.6 is 0 Å². The summed E-state index contributed by atoms with van der Waals surface area (Å²) in [5.41, 5.74) is 2.25. The first kappa shape index (κ1) is 14.1. The average Bonchev–Trinajstić information content (AvgIpc) is 2.46. The van der Waals surface area contributed by atoms with Crippen molar-refractivity contribution in [3.05, 3.63) is 51.8 Å². The van der Waals surface area contributed by atoms with Crippen LogP contribution in [0.25, 0.3) is 11.4 Å². The van der Waals surface area contributed by atoms with E-state index in [1.165, 1.54) is 6.07 Å². The Labute approximate surface area is 117 Å². The van der Waals surface area contributed by atoms with Crippen molar-refractivity contribution in [2.45, 2.75) is 19.9 Å². The van der Waals surface area contributed by atoms with E-state index >= 15 is 0 Å². The van der Waals surface area contributed by atoms with E-state index in [2.05, 4.69) is 15.3 Å². The fourth-order valence-corrected chi connectivity index (χ4v) is 2.01. The van der Waals surface area contributed by atoms with Crippen LogP contribution in [0.3, 0.4) is 0 Å². The molecule has 1 aromatic carbocycles. The first-order valence-electron chi connectivity index (χ1n) is 6.29. The number of benzene rings is 1. The summed E-state index contributed by atoms with van der Waals surface area (Å²) in [5, 5.41) is 14.2. The number of para-hydroxylation sites is 1. The molecule has 104 valence electrons. The number of nitrogens with one attached hydrogen (secondary N) is 1. The van der Waals surface area contributed by atoms with Crippen LogP contribution in [0.2, 0.25) is 0 Å². The normalized spacial score (nSPS) is 12.2. The largest absolute Gasteiger partial charge is 0.313 e. The zero-order valence-electron chi connectivity index (χ0n) is 11.6. The number of rotatable bonds is 4. The zero-order chi connectivity index (χ0) is 14.7. The smallest absolute Gasteiger partial charge is 0.280 e. The molecule has 0 bridgehead atoms. The fourth-order valence-electron chi connectivity index (χ4n) is 2.01. The summed E-state index contributed by atoms with van der Waals surface area (Å²) in [6.45, 7) is 3.89. The molecule has 0 fully saturated rings. The van der Waals surface area contributed by atoms with Gasteiger partial charge < -0.3 is 5.32 Å². The van der Waals surface area contributed by atoms with Crippen LogP contribution in [-0.2, 0) is 0 Å². The van der Waals surface area contributed by atoms with Gasteiger partial charge in [0.05, 0.1) is 10.5 Å². The third-order valence-electron chi connectivity index (χ3n) is 3.26. The molecule has 1 unspecified atom stereocenters. The standard InChI is InChI=1S/C14H16N4O2/c1-9(15-3)12-8-16-14(17-10(12)2)11-6-4-5-7-13(11)18(19)20/h4-9,15H,1-3H3. The van der Waals surface area contributed by atoms with Crippen molar-refractivity contribution in [3.8, 4) is 11.4 Å². The molecule has 20 heavy (non-hydrogen) atoms. The second kappa shape index (κ2) is 5.75. The van der Waals surface area contributed by atoms with Gasteiger partial charge in [0.15, 0.2) is 5.82 Å². The Balaban J connectivity index is 2.50. The van der Waals surface area contributed by atoms with Crippen LogP contribution in [0, 0.1) is 17.0 Å². The Hall–Kier alpha value is -2.34. The molecule has 2 aromatic rings. The van der Waals surface area contributed by atoms with Crippen molar-refractivity contribution in [1.82, 2.24) is 15.3 Å². The Morgan fingerprint density at radius 2 is 2.05 bits per heavy atom. The maximum absolute atomic E-state index is 11.0. The van der Waals surface area contributed by atoms with E-state index in [9.17, 15) is 10.1 Å². The van der Waals surface area contributed by atoms with E-state index in [0.717, 1.165) is 11.3 Å².